The van der Waals surface area contributed by atoms with E-state index in [4.69, 9.17) is 58.6 Å². The molecule has 116 valence electrons. The second-order valence-electron chi connectivity index (χ2n) is 3.78. The lowest BCUT2D eigenvalue weighted by Crippen LogP contribution is -2.56. The zero-order chi connectivity index (χ0) is 16.0. The fraction of sp³-hybridized carbons (Fsp3) is 0.273. The molecule has 3 N–H and O–H groups in total. The number of thiocarbonyl (C=S) groups is 1. The minimum atomic E-state index is -1.85. The van der Waals surface area contributed by atoms with Crippen molar-refractivity contribution in [2.45, 2.75) is 9.96 Å². The number of anilines is 1. The summed E-state index contributed by atoms with van der Waals surface area (Å²) in [6, 6.07) is 5.47. The Labute approximate surface area is 146 Å². The van der Waals surface area contributed by atoms with Crippen molar-refractivity contribution < 1.29 is 9.18 Å². The minimum absolute atomic E-state index is 0.0767. The second kappa shape index (κ2) is 8.19. The van der Waals surface area contributed by atoms with Crippen molar-refractivity contribution in [3.63, 3.8) is 0 Å². The maximum atomic E-state index is 12.8. The van der Waals surface area contributed by atoms with E-state index in [0.717, 1.165) is 0 Å². The molecule has 0 aliphatic rings. The number of hydrogen-bond donors (Lipinski definition) is 3. The van der Waals surface area contributed by atoms with Gasteiger partial charge in [-0.05, 0) is 36.5 Å². The van der Waals surface area contributed by atoms with Crippen LogP contribution in [0.2, 0.25) is 0 Å². The molecule has 1 atom stereocenters. The number of rotatable bonds is 4. The average molecular weight is 393 g/mol. The maximum Gasteiger partial charge on any atom is 0.236 e. The zero-order valence-corrected chi connectivity index (χ0v) is 14.1. The van der Waals surface area contributed by atoms with Crippen molar-refractivity contribution in [1.82, 2.24) is 10.6 Å². The maximum absolute atomic E-state index is 12.8. The molecule has 21 heavy (non-hydrogen) atoms. The van der Waals surface area contributed by atoms with E-state index in [2.05, 4.69) is 16.0 Å². The third-order valence-electron chi connectivity index (χ3n) is 2.13. The van der Waals surface area contributed by atoms with Crippen LogP contribution < -0.4 is 16.0 Å². The Bertz CT molecular complexity index is 509. The Morgan fingerprint density at radius 2 is 1.81 bits per heavy atom. The number of carbonyl (C=O) groups excluding carboxylic acids is 1. The molecule has 0 saturated carbocycles. The molecule has 1 rings (SSSR count). The molecule has 0 aromatic heterocycles. The van der Waals surface area contributed by atoms with Gasteiger partial charge < -0.3 is 16.0 Å². The first-order valence-corrected chi connectivity index (χ1v) is 7.55. The molecule has 0 spiro atoms. The predicted molar refractivity (Wildman–Crippen MR) is 88.7 cm³/mol. The topological polar surface area (TPSA) is 53.2 Å². The van der Waals surface area contributed by atoms with Crippen LogP contribution >= 0.6 is 58.6 Å². The molecule has 4 nitrogen and oxygen atoms in total. The van der Waals surface area contributed by atoms with Gasteiger partial charge in [0.1, 0.15) is 17.9 Å². The normalized spacial score (nSPS) is 12.4. The molecule has 1 unspecified atom stereocenters. The largest absolute Gasteiger partial charge is 0.339 e. The van der Waals surface area contributed by atoms with Gasteiger partial charge in [0.15, 0.2) is 5.11 Å². The van der Waals surface area contributed by atoms with Gasteiger partial charge in [-0.1, -0.05) is 34.8 Å². The van der Waals surface area contributed by atoms with Crippen LogP contribution in [0.1, 0.15) is 0 Å². The van der Waals surface area contributed by atoms with Crippen molar-refractivity contribution in [1.29, 1.82) is 0 Å². The van der Waals surface area contributed by atoms with Crippen molar-refractivity contribution >= 4 is 75.3 Å². The highest BCUT2D eigenvalue weighted by molar-refractivity contribution is 7.80. The summed E-state index contributed by atoms with van der Waals surface area (Å²) in [6.07, 6.45) is -1.09. The highest BCUT2D eigenvalue weighted by Gasteiger charge is 2.34. The van der Waals surface area contributed by atoms with Crippen LogP contribution in [0.3, 0.4) is 0 Å². The Morgan fingerprint density at radius 3 is 2.29 bits per heavy atom. The Morgan fingerprint density at radius 1 is 1.24 bits per heavy atom. The van der Waals surface area contributed by atoms with Gasteiger partial charge in [-0.25, -0.2) is 4.39 Å². The van der Waals surface area contributed by atoms with Gasteiger partial charge in [0.25, 0.3) is 0 Å². The summed E-state index contributed by atoms with van der Waals surface area (Å²) in [6.45, 7) is 0. The Kier molecular flexibility index (Phi) is 7.23. The van der Waals surface area contributed by atoms with Crippen LogP contribution in [0.4, 0.5) is 10.1 Å². The van der Waals surface area contributed by atoms with Gasteiger partial charge in [-0.3, -0.25) is 4.79 Å². The van der Waals surface area contributed by atoms with Crippen molar-refractivity contribution in [3.05, 3.63) is 30.1 Å². The zero-order valence-electron chi connectivity index (χ0n) is 10.3. The molecule has 0 fully saturated rings. The summed E-state index contributed by atoms with van der Waals surface area (Å²) >= 11 is 27.6. The third-order valence-corrected chi connectivity index (χ3v) is 3.25. The van der Waals surface area contributed by atoms with Gasteiger partial charge in [0.05, 0.1) is 0 Å². The molecule has 0 radical (unpaired) electrons. The first kappa shape index (κ1) is 18.5. The number of benzene rings is 1. The summed E-state index contributed by atoms with van der Waals surface area (Å²) in [7, 11) is 0. The lowest BCUT2D eigenvalue weighted by molar-refractivity contribution is -0.119. The lowest BCUT2D eigenvalue weighted by Gasteiger charge is -2.27. The molecule has 1 aromatic carbocycles. The SMILES string of the molecule is O=C(CCl)NC(NC(=S)Nc1ccc(F)cc1)C(Cl)(Cl)Cl. The van der Waals surface area contributed by atoms with Gasteiger partial charge in [0.2, 0.25) is 9.70 Å². The highest BCUT2D eigenvalue weighted by Crippen LogP contribution is 2.29. The highest BCUT2D eigenvalue weighted by atomic mass is 35.6. The first-order chi connectivity index (χ1) is 9.72. The van der Waals surface area contributed by atoms with Crippen LogP contribution in [-0.4, -0.2) is 26.9 Å². The number of alkyl halides is 4. The molecule has 0 aliphatic heterocycles. The molecule has 0 aliphatic carbocycles. The summed E-state index contributed by atoms with van der Waals surface area (Å²) in [5.74, 6) is -1.21. The van der Waals surface area contributed by atoms with Gasteiger partial charge in [-0.15, -0.1) is 11.6 Å². The van der Waals surface area contributed by atoms with E-state index in [1.54, 1.807) is 0 Å². The lowest BCUT2D eigenvalue weighted by atomic mass is 10.3. The van der Waals surface area contributed by atoms with E-state index >= 15 is 0 Å². The summed E-state index contributed by atoms with van der Waals surface area (Å²) < 4.78 is 10.9. The van der Waals surface area contributed by atoms with Crippen molar-refractivity contribution in [2.75, 3.05) is 11.2 Å². The van der Waals surface area contributed by atoms with Crippen LogP contribution in [0.15, 0.2) is 24.3 Å². The van der Waals surface area contributed by atoms with Crippen molar-refractivity contribution in [2.24, 2.45) is 0 Å². The van der Waals surface area contributed by atoms with Gasteiger partial charge in [0, 0.05) is 5.69 Å². The number of carbonyl (C=O) groups is 1. The number of amides is 1. The van der Waals surface area contributed by atoms with E-state index in [1.165, 1.54) is 24.3 Å². The molecule has 0 heterocycles. The molecule has 0 saturated heterocycles. The van der Waals surface area contributed by atoms with Crippen LogP contribution in [0.5, 0.6) is 0 Å². The van der Waals surface area contributed by atoms with Crippen LogP contribution in [0, 0.1) is 5.82 Å². The monoisotopic (exact) mass is 391 g/mol. The Balaban J connectivity index is 2.67. The van der Waals surface area contributed by atoms with E-state index in [9.17, 15) is 9.18 Å². The number of halogens is 5. The number of nitrogens with one attached hydrogen (secondary N) is 3. The minimum Gasteiger partial charge on any atom is -0.339 e. The number of hydrogen-bond acceptors (Lipinski definition) is 2. The van der Waals surface area contributed by atoms with Crippen LogP contribution in [-0.2, 0) is 4.79 Å². The first-order valence-electron chi connectivity index (χ1n) is 5.47. The van der Waals surface area contributed by atoms with E-state index in [-0.39, 0.29) is 16.8 Å². The van der Waals surface area contributed by atoms with E-state index in [1.807, 2.05) is 0 Å². The molecular weight excluding hydrogens is 383 g/mol. The predicted octanol–water partition coefficient (Wildman–Crippen LogP) is 3.16. The third kappa shape index (κ3) is 6.84. The molecular formula is C11H10Cl4FN3OS. The molecule has 0 bridgehead atoms. The smallest absolute Gasteiger partial charge is 0.236 e. The summed E-state index contributed by atoms with van der Waals surface area (Å²) in [5.41, 5.74) is 0.528. The fourth-order valence-corrected chi connectivity index (χ4v) is 1.87. The van der Waals surface area contributed by atoms with Crippen molar-refractivity contribution in [3.8, 4) is 0 Å². The molecule has 1 amide bonds. The summed E-state index contributed by atoms with van der Waals surface area (Å²) in [4.78, 5) is 11.3. The second-order valence-corrected chi connectivity index (χ2v) is 6.83. The van der Waals surface area contributed by atoms with Crippen LogP contribution in [0.25, 0.3) is 0 Å². The van der Waals surface area contributed by atoms with E-state index in [0.29, 0.717) is 5.69 Å². The average Bonchev–Trinajstić information content (AvgIpc) is 2.39. The fourth-order valence-electron chi connectivity index (χ4n) is 1.23. The Hall–Kier alpha value is -0.530. The quantitative estimate of drug-likeness (QED) is 0.418. The summed E-state index contributed by atoms with van der Waals surface area (Å²) in [5, 5.41) is 7.83. The molecule has 10 heteroatoms. The van der Waals surface area contributed by atoms with E-state index < -0.39 is 15.9 Å². The standard InChI is InChI=1S/C11H10Cl4FN3OS/c12-5-8(20)18-9(11(13,14)15)19-10(21)17-7-3-1-6(16)2-4-7/h1-4,9H,5H2,(H,18,20)(H2,17,19,21). The molecule has 1 aromatic rings. The van der Waals surface area contributed by atoms with Gasteiger partial charge in [-0.2, -0.15) is 0 Å². The van der Waals surface area contributed by atoms with Gasteiger partial charge >= 0.3 is 0 Å².